The van der Waals surface area contributed by atoms with E-state index < -0.39 is 17.7 Å². The lowest BCUT2D eigenvalue weighted by Gasteiger charge is -2.24. The first kappa shape index (κ1) is 14.9. The van der Waals surface area contributed by atoms with Crippen LogP contribution in [0.5, 0.6) is 0 Å². The molecule has 0 unspecified atom stereocenters. The third kappa shape index (κ3) is 5.34. The van der Waals surface area contributed by atoms with E-state index >= 15 is 0 Å². The van der Waals surface area contributed by atoms with Crippen molar-refractivity contribution in [3.8, 4) is 11.8 Å². The van der Waals surface area contributed by atoms with Crippen LogP contribution >= 0.6 is 0 Å². The topological polar surface area (TPSA) is 78.9 Å². The molecular formula is C13H18N2O4. The first-order chi connectivity index (χ1) is 8.79. The van der Waals surface area contributed by atoms with Gasteiger partial charge in [-0.1, -0.05) is 5.92 Å². The highest BCUT2D eigenvalue weighted by atomic mass is 16.6. The summed E-state index contributed by atoms with van der Waals surface area (Å²) in [5.41, 5.74) is -0.0822. The summed E-state index contributed by atoms with van der Waals surface area (Å²) in [5.74, 6) is 4.59. The highest BCUT2D eigenvalue weighted by Crippen LogP contribution is 2.14. The van der Waals surface area contributed by atoms with Gasteiger partial charge in [0.1, 0.15) is 11.3 Å². The number of hydrogen-bond acceptors (Lipinski definition) is 4. The predicted octanol–water partition coefficient (Wildman–Crippen LogP) is 1.49. The van der Waals surface area contributed by atoms with Crippen LogP contribution in [0.25, 0.3) is 0 Å². The number of amides is 1. The summed E-state index contributed by atoms with van der Waals surface area (Å²) in [6.45, 7) is 5.67. The van der Waals surface area contributed by atoms with Gasteiger partial charge in [0, 0.05) is 12.6 Å². The summed E-state index contributed by atoms with van der Waals surface area (Å²) in [6, 6.07) is 0. The maximum Gasteiger partial charge on any atom is 0.416 e. The SMILES string of the molecule is CC(C)(C)OC(=O)N1CNC=C1C#CCCC(=O)O. The number of hydrogen-bond donors (Lipinski definition) is 2. The van der Waals surface area contributed by atoms with E-state index in [9.17, 15) is 9.59 Å². The van der Waals surface area contributed by atoms with E-state index in [-0.39, 0.29) is 12.8 Å². The molecule has 1 amide bonds. The molecule has 0 saturated carbocycles. The van der Waals surface area contributed by atoms with Crippen LogP contribution in [0.2, 0.25) is 0 Å². The fourth-order valence-corrected chi connectivity index (χ4v) is 1.30. The van der Waals surface area contributed by atoms with Crippen molar-refractivity contribution >= 4 is 12.1 Å². The standard InChI is InChI=1S/C13H18N2O4/c1-13(2,3)19-12(18)15-9-14-8-10(15)6-4-5-7-11(16)17/h8,14H,5,7,9H2,1-3H3,(H,16,17). The number of rotatable bonds is 2. The molecule has 1 heterocycles. The number of aliphatic carboxylic acids is 1. The molecule has 1 aliphatic heterocycles. The number of carboxylic acids is 1. The highest BCUT2D eigenvalue weighted by molar-refractivity contribution is 5.72. The van der Waals surface area contributed by atoms with E-state index in [1.54, 1.807) is 27.0 Å². The Hall–Kier alpha value is -2.16. The van der Waals surface area contributed by atoms with E-state index in [4.69, 9.17) is 9.84 Å². The van der Waals surface area contributed by atoms with Gasteiger partial charge in [-0.3, -0.25) is 9.69 Å². The molecule has 6 nitrogen and oxygen atoms in total. The van der Waals surface area contributed by atoms with Crippen molar-refractivity contribution in [2.45, 2.75) is 39.2 Å². The van der Waals surface area contributed by atoms with Crippen molar-refractivity contribution in [2.24, 2.45) is 0 Å². The molecule has 1 aliphatic rings. The fourth-order valence-electron chi connectivity index (χ4n) is 1.30. The Balaban J connectivity index is 2.59. The zero-order chi connectivity index (χ0) is 14.5. The Morgan fingerprint density at radius 3 is 2.79 bits per heavy atom. The van der Waals surface area contributed by atoms with E-state index in [0.29, 0.717) is 12.4 Å². The lowest BCUT2D eigenvalue weighted by atomic mass is 10.2. The van der Waals surface area contributed by atoms with Crippen LogP contribution in [0.1, 0.15) is 33.6 Å². The summed E-state index contributed by atoms with van der Waals surface area (Å²) < 4.78 is 5.24. The fraction of sp³-hybridized carbons (Fsp3) is 0.538. The Morgan fingerprint density at radius 1 is 1.53 bits per heavy atom. The number of carbonyl (C=O) groups is 2. The normalized spacial score (nSPS) is 14.1. The molecule has 6 heteroatoms. The van der Waals surface area contributed by atoms with Crippen molar-refractivity contribution in [1.29, 1.82) is 0 Å². The largest absolute Gasteiger partial charge is 0.481 e. The summed E-state index contributed by atoms with van der Waals surface area (Å²) in [6.07, 6.45) is 1.36. The predicted molar refractivity (Wildman–Crippen MR) is 68.8 cm³/mol. The van der Waals surface area contributed by atoms with E-state index in [2.05, 4.69) is 17.2 Å². The van der Waals surface area contributed by atoms with Gasteiger partial charge in [0.25, 0.3) is 0 Å². The van der Waals surface area contributed by atoms with Gasteiger partial charge in [-0.05, 0) is 26.7 Å². The summed E-state index contributed by atoms with van der Waals surface area (Å²) >= 11 is 0. The highest BCUT2D eigenvalue weighted by Gasteiger charge is 2.26. The van der Waals surface area contributed by atoms with E-state index in [1.807, 2.05) is 0 Å². The molecule has 0 saturated heterocycles. The van der Waals surface area contributed by atoms with Gasteiger partial charge < -0.3 is 15.2 Å². The summed E-state index contributed by atoms with van der Waals surface area (Å²) in [4.78, 5) is 23.6. The average Bonchev–Trinajstić information content (AvgIpc) is 2.69. The van der Waals surface area contributed by atoms with Crippen LogP contribution < -0.4 is 5.32 Å². The Kier molecular flexibility index (Phi) is 4.81. The monoisotopic (exact) mass is 266 g/mol. The molecular weight excluding hydrogens is 248 g/mol. The van der Waals surface area contributed by atoms with Gasteiger partial charge in [0.05, 0.1) is 13.1 Å². The van der Waals surface area contributed by atoms with E-state index in [1.165, 1.54) is 4.90 Å². The molecule has 0 spiro atoms. The molecule has 0 aromatic rings. The quantitative estimate of drug-likeness (QED) is 0.740. The minimum Gasteiger partial charge on any atom is -0.481 e. The van der Waals surface area contributed by atoms with Gasteiger partial charge >= 0.3 is 12.1 Å². The number of carbonyl (C=O) groups excluding carboxylic acids is 1. The molecule has 0 aromatic heterocycles. The van der Waals surface area contributed by atoms with Crippen LogP contribution in [-0.2, 0) is 9.53 Å². The molecule has 1 rings (SSSR count). The Bertz CT molecular complexity index is 451. The number of allylic oxidation sites excluding steroid dienone is 1. The summed E-state index contributed by atoms with van der Waals surface area (Å²) in [5, 5.41) is 11.4. The van der Waals surface area contributed by atoms with Gasteiger partial charge in [0.2, 0.25) is 0 Å². The molecule has 0 aliphatic carbocycles. The lowest BCUT2D eigenvalue weighted by molar-refractivity contribution is -0.136. The van der Waals surface area contributed by atoms with E-state index in [0.717, 1.165) is 0 Å². The molecule has 104 valence electrons. The minimum absolute atomic E-state index is 0.0137. The molecule has 0 bridgehead atoms. The van der Waals surface area contributed by atoms with Crippen LogP contribution in [0.4, 0.5) is 4.79 Å². The van der Waals surface area contributed by atoms with Crippen LogP contribution in [0.15, 0.2) is 11.9 Å². The number of ether oxygens (including phenoxy) is 1. The van der Waals surface area contributed by atoms with Crippen molar-refractivity contribution < 1.29 is 19.4 Å². The van der Waals surface area contributed by atoms with Crippen molar-refractivity contribution in [3.05, 3.63) is 11.9 Å². The van der Waals surface area contributed by atoms with Crippen LogP contribution in [0, 0.1) is 11.8 Å². The molecule has 0 fully saturated rings. The first-order valence-electron chi connectivity index (χ1n) is 5.94. The van der Waals surface area contributed by atoms with Crippen LogP contribution in [-0.4, -0.2) is 34.3 Å². The molecule has 19 heavy (non-hydrogen) atoms. The second-order valence-corrected chi connectivity index (χ2v) is 5.00. The zero-order valence-corrected chi connectivity index (χ0v) is 11.3. The summed E-state index contributed by atoms with van der Waals surface area (Å²) in [7, 11) is 0. The minimum atomic E-state index is -0.892. The van der Waals surface area contributed by atoms with Crippen LogP contribution in [0.3, 0.4) is 0 Å². The smallest absolute Gasteiger partial charge is 0.416 e. The Labute approximate surface area is 112 Å². The zero-order valence-electron chi connectivity index (χ0n) is 11.3. The molecule has 2 N–H and O–H groups in total. The first-order valence-corrected chi connectivity index (χ1v) is 5.94. The third-order valence-corrected chi connectivity index (χ3v) is 2.07. The lowest BCUT2D eigenvalue weighted by Crippen LogP contribution is -2.36. The van der Waals surface area contributed by atoms with Gasteiger partial charge in [0.15, 0.2) is 0 Å². The van der Waals surface area contributed by atoms with Gasteiger partial charge in [-0.2, -0.15) is 0 Å². The van der Waals surface area contributed by atoms with Gasteiger partial charge in [-0.25, -0.2) is 4.79 Å². The van der Waals surface area contributed by atoms with Crippen molar-refractivity contribution in [2.75, 3.05) is 6.67 Å². The second kappa shape index (κ2) is 6.14. The number of carboxylic acid groups (broad SMARTS) is 1. The second-order valence-electron chi connectivity index (χ2n) is 5.00. The maximum absolute atomic E-state index is 11.9. The number of nitrogens with zero attached hydrogens (tertiary/aromatic N) is 1. The molecule has 0 atom stereocenters. The number of nitrogens with one attached hydrogen (secondary N) is 1. The Morgan fingerprint density at radius 2 is 2.21 bits per heavy atom. The molecule has 0 radical (unpaired) electrons. The van der Waals surface area contributed by atoms with Crippen molar-refractivity contribution in [3.63, 3.8) is 0 Å². The van der Waals surface area contributed by atoms with Crippen molar-refractivity contribution in [1.82, 2.24) is 10.2 Å². The average molecular weight is 266 g/mol. The third-order valence-electron chi connectivity index (χ3n) is 2.07. The molecule has 0 aromatic carbocycles. The maximum atomic E-state index is 11.9. The van der Waals surface area contributed by atoms with Gasteiger partial charge in [-0.15, -0.1) is 0 Å².